The van der Waals surface area contributed by atoms with E-state index in [1.165, 1.54) is 24.0 Å². The van der Waals surface area contributed by atoms with Crippen LogP contribution in [0.15, 0.2) is 90.1 Å². The number of aromatic nitrogens is 1. The molecule has 2 heterocycles. The molecule has 0 spiro atoms. The fourth-order valence-corrected chi connectivity index (χ4v) is 5.24. The van der Waals surface area contributed by atoms with Crippen LogP contribution in [-0.2, 0) is 16.1 Å². The van der Waals surface area contributed by atoms with Crippen LogP contribution in [0, 0.1) is 5.82 Å². The van der Waals surface area contributed by atoms with Gasteiger partial charge in [-0.15, -0.1) is 11.8 Å². The second-order valence-corrected chi connectivity index (χ2v) is 10.3. The van der Waals surface area contributed by atoms with Gasteiger partial charge in [0.05, 0.1) is 18.5 Å². The fourth-order valence-electron chi connectivity index (χ4n) is 4.24. The number of thioether (sulfide) groups is 1. The summed E-state index contributed by atoms with van der Waals surface area (Å²) in [6.45, 7) is 0.668. The molecule has 0 bridgehead atoms. The SMILES string of the molecule is NCc1ccc(C(=O)Nc2ccncc2F)cc1-c1cccc(NC(=O)c2ccc(SC3CCOC3=O)cc2)c1. The van der Waals surface area contributed by atoms with Crippen LogP contribution >= 0.6 is 11.8 Å². The van der Waals surface area contributed by atoms with Gasteiger partial charge in [-0.05, 0) is 71.3 Å². The molecule has 1 aromatic heterocycles. The molecule has 3 aromatic carbocycles. The van der Waals surface area contributed by atoms with Crippen molar-refractivity contribution in [2.24, 2.45) is 5.73 Å². The molecule has 40 heavy (non-hydrogen) atoms. The average Bonchev–Trinajstić information content (AvgIpc) is 3.38. The first kappa shape index (κ1) is 27.0. The summed E-state index contributed by atoms with van der Waals surface area (Å²) in [5, 5.41) is 5.24. The van der Waals surface area contributed by atoms with Crippen molar-refractivity contribution in [2.45, 2.75) is 23.1 Å². The van der Waals surface area contributed by atoms with Gasteiger partial charge in [-0.1, -0.05) is 18.2 Å². The molecule has 1 saturated heterocycles. The lowest BCUT2D eigenvalue weighted by Crippen LogP contribution is -2.14. The predicted molar refractivity (Wildman–Crippen MR) is 152 cm³/mol. The molecule has 1 atom stereocenters. The monoisotopic (exact) mass is 556 g/mol. The van der Waals surface area contributed by atoms with Crippen molar-refractivity contribution in [2.75, 3.05) is 17.2 Å². The van der Waals surface area contributed by atoms with Crippen LogP contribution in [0.3, 0.4) is 0 Å². The Kier molecular flexibility index (Phi) is 8.18. The Morgan fingerprint density at radius 2 is 1.77 bits per heavy atom. The predicted octanol–water partition coefficient (Wildman–Crippen LogP) is 5.26. The van der Waals surface area contributed by atoms with Crippen LogP contribution in [-0.4, -0.2) is 34.6 Å². The zero-order valence-electron chi connectivity index (χ0n) is 21.2. The Labute approximate surface area is 234 Å². The van der Waals surface area contributed by atoms with Crippen LogP contribution in [0.1, 0.15) is 32.7 Å². The van der Waals surface area contributed by atoms with Gasteiger partial charge in [0.2, 0.25) is 0 Å². The lowest BCUT2D eigenvalue weighted by Gasteiger charge is -2.13. The summed E-state index contributed by atoms with van der Waals surface area (Å²) >= 11 is 1.42. The number of nitrogens with zero attached hydrogens (tertiary/aromatic N) is 1. The Balaban J connectivity index is 1.31. The van der Waals surface area contributed by atoms with E-state index in [9.17, 15) is 18.8 Å². The van der Waals surface area contributed by atoms with E-state index in [0.717, 1.165) is 22.2 Å². The maximum absolute atomic E-state index is 14.0. The van der Waals surface area contributed by atoms with Gasteiger partial charge >= 0.3 is 5.97 Å². The standard InChI is InChI=1S/C30H25FN4O4S/c31-25-17-33-12-10-26(25)35-29(37)20-4-5-21(16-32)24(15-20)19-2-1-3-22(14-19)34-28(36)18-6-8-23(9-7-18)40-27-11-13-39-30(27)38/h1-10,12,14-15,17,27H,11,13,16,32H2,(H,34,36)(H,33,35,37). The molecule has 4 N–H and O–H groups in total. The minimum absolute atomic E-state index is 0.0295. The fraction of sp³-hybridized carbons (Fsp3) is 0.133. The molecule has 1 unspecified atom stereocenters. The second kappa shape index (κ2) is 12.1. The minimum atomic E-state index is -0.634. The topological polar surface area (TPSA) is 123 Å². The molecule has 10 heteroatoms. The number of carbonyl (C=O) groups is 3. The van der Waals surface area contributed by atoms with Crippen molar-refractivity contribution in [3.05, 3.63) is 108 Å². The number of halogens is 1. The number of cyclic esters (lactones) is 1. The zero-order valence-corrected chi connectivity index (χ0v) is 22.0. The number of pyridine rings is 1. The third kappa shape index (κ3) is 6.19. The van der Waals surface area contributed by atoms with Crippen molar-refractivity contribution in [3.63, 3.8) is 0 Å². The largest absolute Gasteiger partial charge is 0.465 e. The lowest BCUT2D eigenvalue weighted by molar-refractivity contribution is -0.137. The van der Waals surface area contributed by atoms with Gasteiger partial charge in [-0.25, -0.2) is 4.39 Å². The summed E-state index contributed by atoms with van der Waals surface area (Å²) in [5.41, 5.74) is 9.61. The maximum Gasteiger partial charge on any atom is 0.319 e. The summed E-state index contributed by atoms with van der Waals surface area (Å²) < 4.78 is 19.0. The summed E-state index contributed by atoms with van der Waals surface area (Å²) in [6, 6.07) is 20.7. The first-order chi connectivity index (χ1) is 19.4. The van der Waals surface area contributed by atoms with Crippen LogP contribution in [0.4, 0.5) is 15.8 Å². The van der Waals surface area contributed by atoms with Gasteiger partial charge < -0.3 is 21.1 Å². The number of ether oxygens (including phenoxy) is 1. The molecule has 0 aliphatic carbocycles. The van der Waals surface area contributed by atoms with Gasteiger partial charge in [0.25, 0.3) is 11.8 Å². The van der Waals surface area contributed by atoms with Gasteiger partial charge in [0.15, 0.2) is 5.82 Å². The molecule has 1 aliphatic heterocycles. The smallest absolute Gasteiger partial charge is 0.319 e. The van der Waals surface area contributed by atoms with E-state index in [1.807, 2.05) is 18.2 Å². The maximum atomic E-state index is 14.0. The molecule has 1 aliphatic rings. The highest BCUT2D eigenvalue weighted by atomic mass is 32.2. The minimum Gasteiger partial charge on any atom is -0.465 e. The van der Waals surface area contributed by atoms with E-state index in [4.69, 9.17) is 10.5 Å². The van der Waals surface area contributed by atoms with Crippen LogP contribution in [0.25, 0.3) is 11.1 Å². The van der Waals surface area contributed by atoms with Gasteiger partial charge in [-0.2, -0.15) is 0 Å². The number of amides is 2. The molecular weight excluding hydrogens is 531 g/mol. The number of nitrogens with one attached hydrogen (secondary N) is 2. The molecule has 202 valence electrons. The van der Waals surface area contributed by atoms with Crippen LogP contribution in [0.2, 0.25) is 0 Å². The summed E-state index contributed by atoms with van der Waals surface area (Å²) in [6.07, 6.45) is 3.09. The van der Waals surface area contributed by atoms with E-state index in [-0.39, 0.29) is 29.4 Å². The molecule has 4 aromatic rings. The number of nitrogens with two attached hydrogens (primary N) is 1. The third-order valence-electron chi connectivity index (χ3n) is 6.33. The lowest BCUT2D eigenvalue weighted by atomic mass is 9.96. The molecule has 1 fully saturated rings. The molecule has 8 nitrogen and oxygen atoms in total. The van der Waals surface area contributed by atoms with Crippen molar-refractivity contribution in [3.8, 4) is 11.1 Å². The van der Waals surface area contributed by atoms with Crippen molar-refractivity contribution in [1.82, 2.24) is 4.98 Å². The van der Waals surface area contributed by atoms with E-state index in [1.54, 1.807) is 48.5 Å². The molecule has 0 saturated carbocycles. The molecule has 2 amide bonds. The third-order valence-corrected chi connectivity index (χ3v) is 7.58. The number of carbonyl (C=O) groups excluding carboxylic acids is 3. The second-order valence-electron chi connectivity index (χ2n) is 9.01. The van der Waals surface area contributed by atoms with E-state index < -0.39 is 11.7 Å². The van der Waals surface area contributed by atoms with Crippen LogP contribution in [0.5, 0.6) is 0 Å². The summed E-state index contributed by atoms with van der Waals surface area (Å²) in [7, 11) is 0. The van der Waals surface area contributed by atoms with Gasteiger partial charge in [0, 0.05) is 40.9 Å². The highest BCUT2D eigenvalue weighted by Gasteiger charge is 2.27. The Bertz CT molecular complexity index is 1580. The quantitative estimate of drug-likeness (QED) is 0.253. The molecule has 0 radical (unpaired) electrons. The normalized spacial score (nSPS) is 14.4. The van der Waals surface area contributed by atoms with Crippen molar-refractivity contribution < 1.29 is 23.5 Å². The van der Waals surface area contributed by atoms with E-state index in [2.05, 4.69) is 15.6 Å². The molecule has 5 rings (SSSR count). The zero-order chi connectivity index (χ0) is 28.1. The number of hydrogen-bond acceptors (Lipinski definition) is 7. The summed E-state index contributed by atoms with van der Waals surface area (Å²) in [4.78, 5) is 42.1. The number of esters is 1. The van der Waals surface area contributed by atoms with E-state index >= 15 is 0 Å². The van der Waals surface area contributed by atoms with Gasteiger partial charge in [0.1, 0.15) is 5.25 Å². The first-order valence-electron chi connectivity index (χ1n) is 12.5. The van der Waals surface area contributed by atoms with Gasteiger partial charge in [-0.3, -0.25) is 19.4 Å². The van der Waals surface area contributed by atoms with E-state index in [0.29, 0.717) is 35.4 Å². The Morgan fingerprint density at radius 3 is 2.50 bits per heavy atom. The number of hydrogen-bond donors (Lipinski definition) is 3. The first-order valence-corrected chi connectivity index (χ1v) is 13.4. The van der Waals surface area contributed by atoms with Crippen molar-refractivity contribution in [1.29, 1.82) is 0 Å². The Morgan fingerprint density at radius 1 is 1.00 bits per heavy atom. The van der Waals surface area contributed by atoms with Crippen LogP contribution < -0.4 is 16.4 Å². The average molecular weight is 557 g/mol. The Hall–Kier alpha value is -4.54. The molecular formula is C30H25FN4O4S. The highest BCUT2D eigenvalue weighted by Crippen LogP contribution is 2.30. The highest BCUT2D eigenvalue weighted by molar-refractivity contribution is 8.00. The van der Waals surface area contributed by atoms with Crippen molar-refractivity contribution >= 4 is 40.9 Å². The number of anilines is 2. The number of rotatable bonds is 8. The number of benzene rings is 3. The summed E-state index contributed by atoms with van der Waals surface area (Å²) in [5.74, 6) is -1.62.